The number of benzene rings is 2. The minimum absolute atomic E-state index is 0.0699. The normalized spacial score (nSPS) is 21.8. The van der Waals surface area contributed by atoms with E-state index in [4.69, 9.17) is 9.73 Å². The Hall–Kier alpha value is -2.68. The summed E-state index contributed by atoms with van der Waals surface area (Å²) in [5.74, 6) is -0.494. The molecule has 0 radical (unpaired) electrons. The molecule has 0 spiro atoms. The smallest absolute Gasteiger partial charge is 0.315 e. The Morgan fingerprint density at radius 1 is 1.09 bits per heavy atom. The van der Waals surface area contributed by atoms with Crippen molar-refractivity contribution in [1.29, 1.82) is 0 Å². The number of hydrogen-bond donors (Lipinski definition) is 0. The molecule has 114 valence electrons. The van der Waals surface area contributed by atoms with Gasteiger partial charge in [0.25, 0.3) is 0 Å². The van der Waals surface area contributed by atoms with Gasteiger partial charge in [0.1, 0.15) is 5.92 Å². The van der Waals surface area contributed by atoms with Gasteiger partial charge in [0.15, 0.2) is 0 Å². The third-order valence-corrected chi connectivity index (χ3v) is 4.67. The number of hydrogen-bond acceptors (Lipinski definition) is 3. The topological polar surface area (TPSA) is 38.7 Å². The molecule has 0 aromatic heterocycles. The number of rotatable bonds is 2. The Morgan fingerprint density at radius 2 is 1.83 bits per heavy atom. The number of nitrogens with zero attached hydrogens (tertiary/aromatic N) is 1. The van der Waals surface area contributed by atoms with Crippen LogP contribution in [0.5, 0.6) is 0 Å². The zero-order valence-electron chi connectivity index (χ0n) is 12.9. The average molecular weight is 303 g/mol. The summed E-state index contributed by atoms with van der Waals surface area (Å²) in [4.78, 5) is 17.3. The van der Waals surface area contributed by atoms with Crippen LogP contribution in [0.3, 0.4) is 0 Å². The molecule has 0 fully saturated rings. The van der Waals surface area contributed by atoms with E-state index in [1.807, 2.05) is 36.4 Å². The fourth-order valence-corrected chi connectivity index (χ4v) is 3.58. The minimum Gasteiger partial charge on any atom is -0.468 e. The number of fused-ring (bicyclic) bond motifs is 3. The molecule has 23 heavy (non-hydrogen) atoms. The van der Waals surface area contributed by atoms with Gasteiger partial charge in [0, 0.05) is 17.1 Å². The zero-order valence-corrected chi connectivity index (χ0v) is 12.9. The molecular formula is C20H17NO2. The second-order valence-electron chi connectivity index (χ2n) is 5.89. The number of aliphatic imine (C=N–C) groups is 1. The SMILES string of the molecule is COC(=O)C1C2=Nc3ccccc3C2=CCC1c1ccccc1. The molecule has 1 aliphatic carbocycles. The lowest BCUT2D eigenvalue weighted by atomic mass is 9.74. The predicted octanol–water partition coefficient (Wildman–Crippen LogP) is 4.13. The van der Waals surface area contributed by atoms with Gasteiger partial charge < -0.3 is 4.74 Å². The standard InChI is InChI=1S/C20H17NO2/c1-23-20(22)18-14(13-7-3-2-4-8-13)11-12-16-15-9-5-6-10-17(15)21-19(16)18/h2-10,12,14,18H,11H2,1H3. The van der Waals surface area contributed by atoms with Crippen LogP contribution in [0.2, 0.25) is 0 Å². The van der Waals surface area contributed by atoms with Crippen molar-refractivity contribution in [3.63, 3.8) is 0 Å². The van der Waals surface area contributed by atoms with Crippen LogP contribution in [0.25, 0.3) is 5.57 Å². The molecule has 2 atom stereocenters. The molecule has 1 aliphatic heterocycles. The van der Waals surface area contributed by atoms with Crippen LogP contribution in [0.15, 0.2) is 65.7 Å². The molecule has 1 heterocycles. The van der Waals surface area contributed by atoms with Gasteiger partial charge in [-0.3, -0.25) is 9.79 Å². The summed E-state index contributed by atoms with van der Waals surface area (Å²) >= 11 is 0. The molecule has 0 saturated carbocycles. The van der Waals surface area contributed by atoms with Crippen molar-refractivity contribution in [3.05, 3.63) is 71.8 Å². The van der Waals surface area contributed by atoms with Crippen molar-refractivity contribution in [2.24, 2.45) is 10.9 Å². The lowest BCUT2D eigenvalue weighted by molar-refractivity contribution is -0.143. The number of methoxy groups -OCH3 is 1. The number of esters is 1. The molecule has 0 bridgehead atoms. The van der Waals surface area contributed by atoms with Crippen LogP contribution in [0, 0.1) is 5.92 Å². The lowest BCUT2D eigenvalue weighted by Gasteiger charge is -2.29. The first-order valence-electron chi connectivity index (χ1n) is 7.81. The molecule has 2 unspecified atom stereocenters. The maximum absolute atomic E-state index is 12.5. The van der Waals surface area contributed by atoms with Crippen LogP contribution in [0.1, 0.15) is 23.5 Å². The van der Waals surface area contributed by atoms with Gasteiger partial charge >= 0.3 is 5.97 Å². The van der Waals surface area contributed by atoms with Gasteiger partial charge in [0.2, 0.25) is 0 Å². The van der Waals surface area contributed by atoms with Crippen molar-refractivity contribution in [2.45, 2.75) is 12.3 Å². The second-order valence-corrected chi connectivity index (χ2v) is 5.89. The summed E-state index contributed by atoms with van der Waals surface area (Å²) in [6.07, 6.45) is 3.02. The van der Waals surface area contributed by atoms with E-state index in [9.17, 15) is 4.79 Å². The fraction of sp³-hybridized carbons (Fsp3) is 0.200. The van der Waals surface area contributed by atoms with Crippen molar-refractivity contribution < 1.29 is 9.53 Å². The third-order valence-electron chi connectivity index (χ3n) is 4.67. The van der Waals surface area contributed by atoms with E-state index in [0.717, 1.165) is 34.5 Å². The Labute approximate surface area is 135 Å². The number of ether oxygens (including phenoxy) is 1. The van der Waals surface area contributed by atoms with Crippen molar-refractivity contribution in [2.75, 3.05) is 7.11 Å². The Bertz CT molecular complexity index is 821. The van der Waals surface area contributed by atoms with Crippen molar-refractivity contribution in [3.8, 4) is 0 Å². The van der Waals surface area contributed by atoms with Gasteiger partial charge in [-0.05, 0) is 18.1 Å². The van der Waals surface area contributed by atoms with Gasteiger partial charge in [-0.2, -0.15) is 0 Å². The van der Waals surface area contributed by atoms with Gasteiger partial charge in [0.05, 0.1) is 18.5 Å². The van der Waals surface area contributed by atoms with Gasteiger partial charge in [-0.1, -0.05) is 54.6 Å². The van der Waals surface area contributed by atoms with E-state index in [-0.39, 0.29) is 17.8 Å². The summed E-state index contributed by atoms with van der Waals surface area (Å²) in [5.41, 5.74) is 5.14. The molecule has 2 aromatic carbocycles. The van der Waals surface area contributed by atoms with E-state index in [1.54, 1.807) is 0 Å². The molecule has 0 amide bonds. The van der Waals surface area contributed by atoms with E-state index in [2.05, 4.69) is 24.3 Å². The van der Waals surface area contributed by atoms with E-state index in [1.165, 1.54) is 7.11 Å². The summed E-state index contributed by atoms with van der Waals surface area (Å²) in [6, 6.07) is 18.2. The Morgan fingerprint density at radius 3 is 2.61 bits per heavy atom. The molecular weight excluding hydrogens is 286 g/mol. The monoisotopic (exact) mass is 303 g/mol. The molecule has 3 heteroatoms. The van der Waals surface area contributed by atoms with Gasteiger partial charge in [-0.15, -0.1) is 0 Å². The van der Waals surface area contributed by atoms with Crippen LogP contribution in [-0.4, -0.2) is 18.8 Å². The average Bonchev–Trinajstić information content (AvgIpc) is 2.99. The van der Waals surface area contributed by atoms with E-state index >= 15 is 0 Å². The van der Waals surface area contributed by atoms with Gasteiger partial charge in [-0.25, -0.2) is 0 Å². The summed E-state index contributed by atoms with van der Waals surface area (Å²) in [5, 5.41) is 0. The first kappa shape index (κ1) is 13.9. The number of allylic oxidation sites excluding steroid dienone is 2. The summed E-state index contributed by atoms with van der Waals surface area (Å²) in [7, 11) is 1.45. The molecule has 2 aromatic rings. The first-order valence-corrected chi connectivity index (χ1v) is 7.81. The fourth-order valence-electron chi connectivity index (χ4n) is 3.58. The lowest BCUT2D eigenvalue weighted by Crippen LogP contribution is -2.33. The highest BCUT2D eigenvalue weighted by Crippen LogP contribution is 2.45. The molecule has 0 saturated heterocycles. The molecule has 3 nitrogen and oxygen atoms in total. The van der Waals surface area contributed by atoms with E-state index in [0.29, 0.717) is 0 Å². The maximum Gasteiger partial charge on any atom is 0.315 e. The van der Waals surface area contributed by atoms with Crippen LogP contribution < -0.4 is 0 Å². The number of carbonyl (C=O) groups is 1. The third kappa shape index (κ3) is 2.20. The maximum atomic E-state index is 12.5. The first-order chi connectivity index (χ1) is 11.3. The minimum atomic E-state index is -0.352. The zero-order chi connectivity index (χ0) is 15.8. The second kappa shape index (κ2) is 5.51. The van der Waals surface area contributed by atoms with Crippen molar-refractivity contribution in [1.82, 2.24) is 0 Å². The summed E-state index contributed by atoms with van der Waals surface area (Å²) < 4.78 is 5.10. The number of carbonyl (C=O) groups excluding carboxylic acids is 1. The highest BCUT2D eigenvalue weighted by molar-refractivity contribution is 6.34. The van der Waals surface area contributed by atoms with E-state index < -0.39 is 0 Å². The Balaban J connectivity index is 1.83. The summed E-state index contributed by atoms with van der Waals surface area (Å²) in [6.45, 7) is 0. The molecule has 2 aliphatic rings. The number of para-hydroxylation sites is 1. The quantitative estimate of drug-likeness (QED) is 0.782. The largest absolute Gasteiger partial charge is 0.468 e. The highest BCUT2D eigenvalue weighted by Gasteiger charge is 2.41. The van der Waals surface area contributed by atoms with Crippen LogP contribution in [-0.2, 0) is 9.53 Å². The van der Waals surface area contributed by atoms with Crippen LogP contribution >= 0.6 is 0 Å². The van der Waals surface area contributed by atoms with Crippen molar-refractivity contribution >= 4 is 22.9 Å². The Kier molecular flexibility index (Phi) is 3.34. The molecule has 4 rings (SSSR count). The predicted molar refractivity (Wildman–Crippen MR) is 90.8 cm³/mol. The molecule has 0 N–H and O–H groups in total. The van der Waals surface area contributed by atoms with Crippen LogP contribution in [0.4, 0.5) is 5.69 Å². The highest BCUT2D eigenvalue weighted by atomic mass is 16.5.